The van der Waals surface area contributed by atoms with E-state index in [1.165, 1.54) is 12.4 Å². The Hall–Kier alpha value is -2.11. The number of rotatable bonds is 4. The summed E-state index contributed by atoms with van der Waals surface area (Å²) >= 11 is 11.8. The molecule has 1 heterocycles. The highest BCUT2D eigenvalue weighted by atomic mass is 35.5. The molecule has 0 unspecified atom stereocenters. The van der Waals surface area contributed by atoms with E-state index in [4.69, 9.17) is 27.9 Å². The van der Waals surface area contributed by atoms with E-state index in [1.807, 2.05) is 19.9 Å². The number of ether oxygens (including phenoxy) is 1. The fourth-order valence-electron chi connectivity index (χ4n) is 2.25. The summed E-state index contributed by atoms with van der Waals surface area (Å²) in [7, 11) is 1.57. The van der Waals surface area contributed by atoms with Crippen LogP contribution in [-0.2, 0) is 5.88 Å². The molecule has 0 bridgehead atoms. The van der Waals surface area contributed by atoms with Crippen LogP contribution >= 0.6 is 23.2 Å². The Labute approximate surface area is 156 Å². The second-order valence-electron chi connectivity index (χ2n) is 4.76. The SMILES string of the molecule is CC.COc1cc2ncnc(Nc3cccc(Cl)c3F)c2cc1CCl. The molecule has 3 rings (SSSR count). The number of methoxy groups -OCH3 is 1. The van der Waals surface area contributed by atoms with Crippen molar-refractivity contribution >= 4 is 45.6 Å². The predicted molar refractivity (Wildman–Crippen MR) is 102 cm³/mol. The molecule has 7 heteroatoms. The number of hydrogen-bond acceptors (Lipinski definition) is 4. The molecule has 0 radical (unpaired) electrons. The minimum atomic E-state index is -0.535. The maximum atomic E-state index is 14.1. The summed E-state index contributed by atoms with van der Waals surface area (Å²) in [5.74, 6) is 0.849. The van der Waals surface area contributed by atoms with Crippen LogP contribution in [-0.4, -0.2) is 17.1 Å². The van der Waals surface area contributed by atoms with Crippen LogP contribution in [0.1, 0.15) is 19.4 Å². The molecule has 0 aliphatic carbocycles. The smallest absolute Gasteiger partial charge is 0.165 e. The van der Waals surface area contributed by atoms with Gasteiger partial charge in [0.2, 0.25) is 0 Å². The monoisotopic (exact) mass is 381 g/mol. The molecule has 0 atom stereocenters. The number of nitrogens with one attached hydrogen (secondary N) is 1. The van der Waals surface area contributed by atoms with Gasteiger partial charge in [0, 0.05) is 17.0 Å². The third kappa shape index (κ3) is 4.11. The van der Waals surface area contributed by atoms with Gasteiger partial charge < -0.3 is 10.1 Å². The summed E-state index contributed by atoms with van der Waals surface area (Å²) in [5.41, 5.74) is 1.70. The van der Waals surface area contributed by atoms with Crippen molar-refractivity contribution in [2.24, 2.45) is 0 Å². The number of fused-ring (bicyclic) bond motifs is 1. The van der Waals surface area contributed by atoms with Crippen LogP contribution in [0.3, 0.4) is 0 Å². The number of alkyl halides is 1. The first-order valence-corrected chi connectivity index (χ1v) is 8.64. The van der Waals surface area contributed by atoms with E-state index in [1.54, 1.807) is 25.3 Å². The van der Waals surface area contributed by atoms with Crippen molar-refractivity contribution in [2.75, 3.05) is 12.4 Å². The van der Waals surface area contributed by atoms with E-state index >= 15 is 0 Å². The molecule has 0 spiro atoms. The molecule has 0 saturated carbocycles. The second kappa shape index (κ2) is 8.83. The van der Waals surface area contributed by atoms with Gasteiger partial charge in [-0.3, -0.25) is 0 Å². The Kier molecular flexibility index (Phi) is 6.79. The largest absolute Gasteiger partial charge is 0.496 e. The van der Waals surface area contributed by atoms with E-state index in [0.717, 1.165) is 5.56 Å². The number of halogens is 3. The topological polar surface area (TPSA) is 47.0 Å². The van der Waals surface area contributed by atoms with Crippen molar-refractivity contribution in [2.45, 2.75) is 19.7 Å². The molecule has 0 amide bonds. The van der Waals surface area contributed by atoms with Gasteiger partial charge in [-0.05, 0) is 18.2 Å². The predicted octanol–water partition coefficient (Wildman–Crippen LogP) is 5.94. The molecule has 4 nitrogen and oxygen atoms in total. The first-order chi connectivity index (χ1) is 12.1. The average Bonchev–Trinajstić information content (AvgIpc) is 2.66. The number of aromatic nitrogens is 2. The van der Waals surface area contributed by atoms with Crippen LogP contribution in [0.25, 0.3) is 10.9 Å². The van der Waals surface area contributed by atoms with E-state index in [0.29, 0.717) is 22.5 Å². The van der Waals surface area contributed by atoms with Crippen molar-refractivity contribution in [3.63, 3.8) is 0 Å². The van der Waals surface area contributed by atoms with E-state index in [2.05, 4.69) is 15.3 Å². The standard InChI is InChI=1S/C16H12Cl2FN3O.C2H6/c1-23-14-6-13-10(5-9(14)7-17)16(21-8-20-13)22-12-4-2-3-11(18)15(12)19;1-2/h2-6,8H,7H2,1H3,(H,20,21,22);1-2H3. The summed E-state index contributed by atoms with van der Waals surface area (Å²) in [6.07, 6.45) is 1.40. The third-order valence-corrected chi connectivity index (χ3v) is 3.97. The molecular formula is C18H18Cl2FN3O. The van der Waals surface area contributed by atoms with Crippen molar-refractivity contribution in [1.82, 2.24) is 9.97 Å². The van der Waals surface area contributed by atoms with Crippen LogP contribution in [0.4, 0.5) is 15.9 Å². The zero-order chi connectivity index (χ0) is 18.4. The van der Waals surface area contributed by atoms with Crippen molar-refractivity contribution in [3.8, 4) is 5.75 Å². The van der Waals surface area contributed by atoms with Gasteiger partial charge in [0.25, 0.3) is 0 Å². The van der Waals surface area contributed by atoms with Crippen LogP contribution in [0.2, 0.25) is 5.02 Å². The van der Waals surface area contributed by atoms with Crippen molar-refractivity contribution < 1.29 is 9.13 Å². The van der Waals surface area contributed by atoms with Crippen molar-refractivity contribution in [1.29, 1.82) is 0 Å². The van der Waals surface area contributed by atoms with E-state index in [-0.39, 0.29) is 16.6 Å². The highest BCUT2D eigenvalue weighted by Crippen LogP contribution is 2.31. The molecule has 0 saturated heterocycles. The van der Waals surface area contributed by atoms with Gasteiger partial charge in [-0.2, -0.15) is 0 Å². The molecule has 3 aromatic rings. The van der Waals surface area contributed by atoms with Gasteiger partial charge in [-0.25, -0.2) is 14.4 Å². The first kappa shape index (κ1) is 19.2. The summed E-state index contributed by atoms with van der Waals surface area (Å²) in [5, 5.41) is 3.70. The molecule has 0 fully saturated rings. The van der Waals surface area contributed by atoms with Crippen LogP contribution < -0.4 is 10.1 Å². The van der Waals surface area contributed by atoms with Gasteiger partial charge in [-0.1, -0.05) is 31.5 Å². The Morgan fingerprint density at radius 1 is 1.20 bits per heavy atom. The normalized spacial score (nSPS) is 10.2. The molecule has 1 N–H and O–H groups in total. The van der Waals surface area contributed by atoms with Crippen LogP contribution in [0, 0.1) is 5.82 Å². The summed E-state index contributed by atoms with van der Waals surface area (Å²) in [6, 6.07) is 8.32. The van der Waals surface area contributed by atoms with Gasteiger partial charge in [-0.15, -0.1) is 11.6 Å². The summed E-state index contributed by atoms with van der Waals surface area (Å²) < 4.78 is 19.4. The lowest BCUT2D eigenvalue weighted by atomic mass is 10.1. The van der Waals surface area contributed by atoms with Crippen molar-refractivity contribution in [3.05, 3.63) is 53.1 Å². The maximum Gasteiger partial charge on any atom is 0.165 e. The summed E-state index contributed by atoms with van der Waals surface area (Å²) in [4.78, 5) is 8.40. The highest BCUT2D eigenvalue weighted by Gasteiger charge is 2.12. The molecule has 0 aliphatic rings. The molecule has 1 aromatic heterocycles. The maximum absolute atomic E-state index is 14.1. The number of nitrogens with zero attached hydrogens (tertiary/aromatic N) is 2. The van der Waals surface area contributed by atoms with Crippen LogP contribution in [0.5, 0.6) is 5.75 Å². The lowest BCUT2D eigenvalue weighted by Gasteiger charge is -2.12. The first-order valence-electron chi connectivity index (χ1n) is 7.72. The number of anilines is 2. The summed E-state index contributed by atoms with van der Waals surface area (Å²) in [6.45, 7) is 4.00. The Bertz CT molecular complexity index is 874. The second-order valence-corrected chi connectivity index (χ2v) is 5.44. The van der Waals surface area contributed by atoms with Gasteiger partial charge in [0.05, 0.1) is 29.2 Å². The Balaban J connectivity index is 0.00000109. The zero-order valence-corrected chi connectivity index (χ0v) is 15.6. The van der Waals surface area contributed by atoms with Gasteiger partial charge in [0.1, 0.15) is 17.9 Å². The van der Waals surface area contributed by atoms with Gasteiger partial charge in [0.15, 0.2) is 5.82 Å². The van der Waals surface area contributed by atoms with Gasteiger partial charge >= 0.3 is 0 Å². The minimum absolute atomic E-state index is 0.0384. The zero-order valence-electron chi connectivity index (χ0n) is 14.1. The highest BCUT2D eigenvalue weighted by molar-refractivity contribution is 6.31. The van der Waals surface area contributed by atoms with E-state index in [9.17, 15) is 4.39 Å². The molecule has 132 valence electrons. The van der Waals surface area contributed by atoms with E-state index < -0.39 is 5.82 Å². The quantitative estimate of drug-likeness (QED) is 0.568. The minimum Gasteiger partial charge on any atom is -0.496 e. The molecule has 25 heavy (non-hydrogen) atoms. The lowest BCUT2D eigenvalue weighted by Crippen LogP contribution is -2.00. The fourth-order valence-corrected chi connectivity index (χ4v) is 2.63. The fraction of sp³-hybridized carbons (Fsp3) is 0.222. The molecule has 2 aromatic carbocycles. The molecule has 0 aliphatic heterocycles. The van der Waals surface area contributed by atoms with Crippen LogP contribution in [0.15, 0.2) is 36.7 Å². The average molecular weight is 382 g/mol. The third-order valence-electron chi connectivity index (χ3n) is 3.39. The number of hydrogen-bond donors (Lipinski definition) is 1. The Morgan fingerprint density at radius 3 is 2.64 bits per heavy atom. The lowest BCUT2D eigenvalue weighted by molar-refractivity contribution is 0.412. The number of benzene rings is 2. The Morgan fingerprint density at radius 2 is 1.96 bits per heavy atom. The molecular weight excluding hydrogens is 364 g/mol.